The first-order valence-corrected chi connectivity index (χ1v) is 4.84. The second-order valence-corrected chi connectivity index (χ2v) is 4.09. The summed E-state index contributed by atoms with van der Waals surface area (Å²) in [5, 5.41) is 11.6. The predicted molar refractivity (Wildman–Crippen MR) is 53.9 cm³/mol. The minimum atomic E-state index is -0.871. The number of amides is 1. The SMILES string of the molecule is CCC(C)(CNC(=O)C(C)C)C(=O)O. The summed E-state index contributed by atoms with van der Waals surface area (Å²) in [5.41, 5.74) is -0.857. The van der Waals surface area contributed by atoms with Crippen LogP contribution in [0.5, 0.6) is 0 Å². The summed E-state index contributed by atoms with van der Waals surface area (Å²) in [5.74, 6) is -1.08. The Balaban J connectivity index is 4.22. The molecule has 0 aromatic rings. The lowest BCUT2D eigenvalue weighted by Gasteiger charge is -2.23. The molecule has 0 fully saturated rings. The molecule has 0 aliphatic carbocycles. The van der Waals surface area contributed by atoms with Gasteiger partial charge in [0.1, 0.15) is 0 Å². The van der Waals surface area contributed by atoms with E-state index >= 15 is 0 Å². The van der Waals surface area contributed by atoms with Crippen LogP contribution in [-0.2, 0) is 9.59 Å². The van der Waals surface area contributed by atoms with E-state index in [4.69, 9.17) is 5.11 Å². The highest BCUT2D eigenvalue weighted by Gasteiger charge is 2.31. The van der Waals surface area contributed by atoms with Gasteiger partial charge in [-0.25, -0.2) is 0 Å². The van der Waals surface area contributed by atoms with Gasteiger partial charge in [0.15, 0.2) is 0 Å². The molecule has 0 bridgehead atoms. The number of hydrogen-bond acceptors (Lipinski definition) is 2. The first kappa shape index (κ1) is 12.9. The van der Waals surface area contributed by atoms with Crippen LogP contribution in [0.1, 0.15) is 34.1 Å². The van der Waals surface area contributed by atoms with Crippen LogP contribution in [0.3, 0.4) is 0 Å². The molecule has 0 aromatic heterocycles. The molecular formula is C10H19NO3. The summed E-state index contributed by atoms with van der Waals surface area (Å²) in [4.78, 5) is 22.1. The van der Waals surface area contributed by atoms with Gasteiger partial charge >= 0.3 is 5.97 Å². The summed E-state index contributed by atoms with van der Waals surface area (Å²) >= 11 is 0. The van der Waals surface area contributed by atoms with Crippen LogP contribution in [0.25, 0.3) is 0 Å². The van der Waals surface area contributed by atoms with E-state index < -0.39 is 11.4 Å². The average Bonchev–Trinajstić information content (AvgIpc) is 2.12. The van der Waals surface area contributed by atoms with E-state index in [1.54, 1.807) is 27.7 Å². The van der Waals surface area contributed by atoms with Crippen molar-refractivity contribution < 1.29 is 14.7 Å². The second-order valence-electron chi connectivity index (χ2n) is 4.09. The van der Waals surface area contributed by atoms with Crippen molar-refractivity contribution >= 4 is 11.9 Å². The molecule has 0 rings (SSSR count). The van der Waals surface area contributed by atoms with Crippen molar-refractivity contribution in [3.05, 3.63) is 0 Å². The first-order chi connectivity index (χ1) is 6.33. The van der Waals surface area contributed by atoms with Crippen LogP contribution >= 0.6 is 0 Å². The molecular weight excluding hydrogens is 182 g/mol. The van der Waals surface area contributed by atoms with Crippen LogP contribution in [-0.4, -0.2) is 23.5 Å². The Kier molecular flexibility index (Phi) is 4.60. The van der Waals surface area contributed by atoms with Crippen LogP contribution in [0.15, 0.2) is 0 Å². The molecule has 82 valence electrons. The highest BCUT2D eigenvalue weighted by molar-refractivity contribution is 5.80. The molecule has 0 aliphatic rings. The molecule has 2 N–H and O–H groups in total. The minimum absolute atomic E-state index is 0.106. The highest BCUT2D eigenvalue weighted by Crippen LogP contribution is 2.19. The molecule has 4 nitrogen and oxygen atoms in total. The van der Waals surface area contributed by atoms with E-state index in [1.165, 1.54) is 0 Å². The third-order valence-corrected chi connectivity index (χ3v) is 2.47. The summed E-state index contributed by atoms with van der Waals surface area (Å²) in [7, 11) is 0. The van der Waals surface area contributed by atoms with E-state index in [0.29, 0.717) is 6.42 Å². The maximum Gasteiger partial charge on any atom is 0.311 e. The number of carbonyl (C=O) groups excluding carboxylic acids is 1. The minimum Gasteiger partial charge on any atom is -0.481 e. The van der Waals surface area contributed by atoms with E-state index in [2.05, 4.69) is 5.32 Å². The summed E-state index contributed by atoms with van der Waals surface area (Å²) in [6, 6.07) is 0. The van der Waals surface area contributed by atoms with Crippen molar-refractivity contribution in [3.8, 4) is 0 Å². The number of aliphatic carboxylic acids is 1. The van der Waals surface area contributed by atoms with Crippen LogP contribution < -0.4 is 5.32 Å². The van der Waals surface area contributed by atoms with Gasteiger partial charge in [0.25, 0.3) is 0 Å². The molecule has 1 atom stereocenters. The number of carbonyl (C=O) groups is 2. The molecule has 1 unspecified atom stereocenters. The fourth-order valence-electron chi connectivity index (χ4n) is 0.838. The Bertz CT molecular complexity index is 225. The van der Waals surface area contributed by atoms with Crippen molar-refractivity contribution in [1.82, 2.24) is 5.32 Å². The van der Waals surface area contributed by atoms with Crippen molar-refractivity contribution in [2.75, 3.05) is 6.54 Å². The molecule has 0 radical (unpaired) electrons. The van der Waals surface area contributed by atoms with E-state index in [9.17, 15) is 9.59 Å². The molecule has 0 aromatic carbocycles. The van der Waals surface area contributed by atoms with Gasteiger partial charge in [-0.05, 0) is 13.3 Å². The monoisotopic (exact) mass is 201 g/mol. The Labute approximate surface area is 84.7 Å². The molecule has 14 heavy (non-hydrogen) atoms. The number of carboxylic acid groups (broad SMARTS) is 1. The third-order valence-electron chi connectivity index (χ3n) is 2.47. The zero-order chi connectivity index (χ0) is 11.4. The van der Waals surface area contributed by atoms with Gasteiger partial charge in [-0.1, -0.05) is 20.8 Å². The normalized spacial score (nSPS) is 14.9. The highest BCUT2D eigenvalue weighted by atomic mass is 16.4. The smallest absolute Gasteiger partial charge is 0.311 e. The Morgan fingerprint density at radius 1 is 1.43 bits per heavy atom. The van der Waals surface area contributed by atoms with Gasteiger partial charge in [-0.2, -0.15) is 0 Å². The van der Waals surface area contributed by atoms with Gasteiger partial charge in [-0.3, -0.25) is 9.59 Å². The molecule has 4 heteroatoms. The third kappa shape index (κ3) is 3.36. The lowest BCUT2D eigenvalue weighted by atomic mass is 9.87. The number of carboxylic acids is 1. The van der Waals surface area contributed by atoms with Crippen LogP contribution in [0.2, 0.25) is 0 Å². The van der Waals surface area contributed by atoms with E-state index in [1.807, 2.05) is 0 Å². The van der Waals surface area contributed by atoms with Gasteiger partial charge in [0, 0.05) is 12.5 Å². The van der Waals surface area contributed by atoms with Crippen molar-refractivity contribution in [3.63, 3.8) is 0 Å². The predicted octanol–water partition coefficient (Wildman–Crippen LogP) is 1.26. The van der Waals surface area contributed by atoms with Crippen molar-refractivity contribution in [2.45, 2.75) is 34.1 Å². The fraction of sp³-hybridized carbons (Fsp3) is 0.800. The lowest BCUT2D eigenvalue weighted by molar-refractivity contribution is -0.148. The lowest BCUT2D eigenvalue weighted by Crippen LogP contribution is -2.41. The quantitative estimate of drug-likeness (QED) is 0.703. The molecule has 0 heterocycles. The summed E-state index contributed by atoms with van der Waals surface area (Å²) in [6.45, 7) is 7.18. The Hall–Kier alpha value is -1.06. The topological polar surface area (TPSA) is 66.4 Å². The number of nitrogens with one attached hydrogen (secondary N) is 1. The maximum absolute atomic E-state index is 11.2. The zero-order valence-electron chi connectivity index (χ0n) is 9.26. The molecule has 0 saturated carbocycles. The van der Waals surface area contributed by atoms with Crippen molar-refractivity contribution in [1.29, 1.82) is 0 Å². The van der Waals surface area contributed by atoms with E-state index in [-0.39, 0.29) is 18.4 Å². The number of hydrogen-bond donors (Lipinski definition) is 2. The Morgan fingerprint density at radius 2 is 1.93 bits per heavy atom. The molecule has 0 spiro atoms. The largest absolute Gasteiger partial charge is 0.481 e. The Morgan fingerprint density at radius 3 is 2.21 bits per heavy atom. The summed E-state index contributed by atoms with van der Waals surface area (Å²) in [6.07, 6.45) is 0.501. The maximum atomic E-state index is 11.2. The second kappa shape index (κ2) is 4.98. The zero-order valence-corrected chi connectivity index (χ0v) is 9.26. The standard InChI is InChI=1S/C10H19NO3/c1-5-10(4,9(13)14)6-11-8(12)7(2)3/h7H,5-6H2,1-4H3,(H,11,12)(H,13,14). The number of rotatable bonds is 5. The summed E-state index contributed by atoms with van der Waals surface area (Å²) < 4.78 is 0. The first-order valence-electron chi connectivity index (χ1n) is 4.84. The van der Waals surface area contributed by atoms with Gasteiger partial charge in [-0.15, -0.1) is 0 Å². The average molecular weight is 201 g/mol. The van der Waals surface area contributed by atoms with Gasteiger partial charge < -0.3 is 10.4 Å². The molecule has 0 saturated heterocycles. The molecule has 1 amide bonds. The van der Waals surface area contributed by atoms with Crippen LogP contribution in [0.4, 0.5) is 0 Å². The van der Waals surface area contributed by atoms with Crippen LogP contribution in [0, 0.1) is 11.3 Å². The molecule has 0 aliphatic heterocycles. The van der Waals surface area contributed by atoms with Crippen molar-refractivity contribution in [2.24, 2.45) is 11.3 Å². The van der Waals surface area contributed by atoms with E-state index in [0.717, 1.165) is 0 Å². The van der Waals surface area contributed by atoms with Gasteiger partial charge in [0.2, 0.25) is 5.91 Å². The van der Waals surface area contributed by atoms with Gasteiger partial charge in [0.05, 0.1) is 5.41 Å². The fourth-order valence-corrected chi connectivity index (χ4v) is 0.838.